The second-order valence-electron chi connectivity index (χ2n) is 11.2. The zero-order chi connectivity index (χ0) is 30.8. The van der Waals surface area contributed by atoms with E-state index in [9.17, 15) is 14.4 Å². The number of esters is 3. The Labute approximate surface area is 243 Å². The second-order valence-corrected chi connectivity index (χ2v) is 13.4. The van der Waals surface area contributed by atoms with E-state index in [1.165, 1.54) is 7.11 Å². The van der Waals surface area contributed by atoms with Crippen LogP contribution in [0.5, 0.6) is 0 Å². The molecule has 0 aliphatic heterocycles. The van der Waals surface area contributed by atoms with Crippen LogP contribution in [-0.2, 0) is 46.3 Å². The van der Waals surface area contributed by atoms with Gasteiger partial charge in [0, 0.05) is 19.8 Å². The molecular formula is C29H56O10Si. The third-order valence-corrected chi connectivity index (χ3v) is 8.74. The number of rotatable bonds is 22. The van der Waals surface area contributed by atoms with Crippen LogP contribution in [0.2, 0.25) is 0 Å². The van der Waals surface area contributed by atoms with Gasteiger partial charge in [0.2, 0.25) is 0 Å². The Bertz CT molecular complexity index is 722. The topological polar surface area (TPSA) is 116 Å². The largest absolute Gasteiger partial charge is 0.682 e. The summed E-state index contributed by atoms with van der Waals surface area (Å²) in [7, 11) is -2.14. The van der Waals surface area contributed by atoms with E-state index in [0.717, 1.165) is 25.7 Å². The molecule has 236 valence electrons. The first-order valence-electron chi connectivity index (χ1n) is 14.8. The Morgan fingerprint density at radius 3 is 1.65 bits per heavy atom. The maximum absolute atomic E-state index is 13.4. The Morgan fingerprint density at radius 1 is 0.700 bits per heavy atom. The number of carbonyl (C=O) groups is 3. The summed E-state index contributed by atoms with van der Waals surface area (Å²) < 4.78 is 39.1. The molecule has 0 fully saturated rings. The van der Waals surface area contributed by atoms with Crippen molar-refractivity contribution < 1.29 is 46.3 Å². The van der Waals surface area contributed by atoms with Gasteiger partial charge in [0.15, 0.2) is 6.79 Å². The van der Waals surface area contributed by atoms with Crippen molar-refractivity contribution in [2.24, 2.45) is 17.3 Å². The Hall–Kier alpha value is -1.53. The minimum absolute atomic E-state index is 0.163. The molecule has 11 heteroatoms. The van der Waals surface area contributed by atoms with Gasteiger partial charge in [-0.05, 0) is 74.1 Å². The van der Waals surface area contributed by atoms with Crippen LogP contribution in [0, 0.1) is 17.3 Å². The molecule has 0 aromatic rings. The number of ether oxygens (including phenoxy) is 3. The molecule has 0 heterocycles. The van der Waals surface area contributed by atoms with E-state index < -0.39 is 50.6 Å². The highest BCUT2D eigenvalue weighted by molar-refractivity contribution is 6.53. The third-order valence-electron chi connectivity index (χ3n) is 6.34. The van der Waals surface area contributed by atoms with Crippen LogP contribution in [0.15, 0.2) is 0 Å². The highest BCUT2D eigenvalue weighted by atomic mass is 28.4. The van der Waals surface area contributed by atoms with E-state index in [1.54, 1.807) is 27.7 Å². The second kappa shape index (κ2) is 19.6. The summed E-state index contributed by atoms with van der Waals surface area (Å²) in [5.41, 5.74) is -1.76. The molecule has 0 bridgehead atoms. The lowest BCUT2D eigenvalue weighted by atomic mass is 9.72. The smallest absolute Gasteiger partial charge is 0.469 e. The van der Waals surface area contributed by atoms with E-state index in [1.807, 2.05) is 27.7 Å². The summed E-state index contributed by atoms with van der Waals surface area (Å²) >= 11 is 0. The zero-order valence-corrected chi connectivity index (χ0v) is 27.7. The standard InChI is InChI=1S/C29H56O10Si/c1-11-16-17-19-24(25(30)34-22-38-40(35-13-3,36-14-4)37-15-5)21-29(9,27(32)33-10)20-23(18-12-2)26(31)39-28(6,7)8/h23-24H,11-22H2,1-10H3. The maximum Gasteiger partial charge on any atom is 0.682 e. The van der Waals surface area contributed by atoms with Crippen molar-refractivity contribution in [3.8, 4) is 0 Å². The van der Waals surface area contributed by atoms with Gasteiger partial charge in [0.1, 0.15) is 5.60 Å². The minimum atomic E-state index is -3.46. The van der Waals surface area contributed by atoms with Gasteiger partial charge in [0.25, 0.3) is 0 Å². The van der Waals surface area contributed by atoms with E-state index in [4.69, 9.17) is 31.9 Å². The predicted octanol–water partition coefficient (Wildman–Crippen LogP) is 5.96. The summed E-state index contributed by atoms with van der Waals surface area (Å²) in [6, 6.07) is 0. The fourth-order valence-electron chi connectivity index (χ4n) is 4.62. The molecule has 0 radical (unpaired) electrons. The molecule has 3 unspecified atom stereocenters. The van der Waals surface area contributed by atoms with E-state index >= 15 is 0 Å². The average molecular weight is 593 g/mol. The number of carbonyl (C=O) groups excluding carboxylic acids is 3. The summed E-state index contributed by atoms with van der Waals surface area (Å²) in [4.78, 5) is 39.5. The van der Waals surface area contributed by atoms with Crippen molar-refractivity contribution in [1.82, 2.24) is 0 Å². The van der Waals surface area contributed by atoms with E-state index in [-0.39, 0.29) is 18.8 Å². The number of unbranched alkanes of at least 4 members (excludes halogenated alkanes) is 2. The van der Waals surface area contributed by atoms with Crippen molar-refractivity contribution in [3.63, 3.8) is 0 Å². The van der Waals surface area contributed by atoms with Crippen LogP contribution in [-0.4, -0.2) is 66.3 Å². The number of hydrogen-bond acceptors (Lipinski definition) is 10. The van der Waals surface area contributed by atoms with Crippen LogP contribution >= 0.6 is 0 Å². The minimum Gasteiger partial charge on any atom is -0.469 e. The van der Waals surface area contributed by atoms with Gasteiger partial charge in [-0.3, -0.25) is 14.4 Å². The normalized spacial score (nSPS) is 15.2. The molecule has 0 aliphatic rings. The SMILES string of the molecule is CCCCCC(CC(C)(CC(CCC)C(=O)OC(C)(C)C)C(=O)OC)C(=O)OCO[Si](OCC)(OCC)OCC. The summed E-state index contributed by atoms with van der Waals surface area (Å²) in [6.45, 7) is 17.2. The molecular weight excluding hydrogens is 536 g/mol. The first-order chi connectivity index (χ1) is 18.8. The maximum atomic E-state index is 13.4. The van der Waals surface area contributed by atoms with Crippen LogP contribution in [0.25, 0.3) is 0 Å². The molecule has 0 saturated heterocycles. The molecule has 0 saturated carbocycles. The lowest BCUT2D eigenvalue weighted by molar-refractivity contribution is -0.166. The highest BCUT2D eigenvalue weighted by Crippen LogP contribution is 2.39. The molecule has 0 N–H and O–H groups in total. The summed E-state index contributed by atoms with van der Waals surface area (Å²) in [5, 5.41) is 0. The molecule has 0 aliphatic carbocycles. The summed E-state index contributed by atoms with van der Waals surface area (Å²) in [6.07, 6.45) is 4.87. The van der Waals surface area contributed by atoms with Crippen molar-refractivity contribution in [2.45, 2.75) is 119 Å². The first kappa shape index (κ1) is 38.5. The lowest BCUT2D eigenvalue weighted by Crippen LogP contribution is -2.50. The van der Waals surface area contributed by atoms with Gasteiger partial charge in [-0.2, -0.15) is 0 Å². The zero-order valence-electron chi connectivity index (χ0n) is 26.7. The molecule has 10 nitrogen and oxygen atoms in total. The molecule has 0 aromatic carbocycles. The molecule has 40 heavy (non-hydrogen) atoms. The molecule has 0 amide bonds. The third kappa shape index (κ3) is 14.4. The molecule has 0 rings (SSSR count). The number of methoxy groups -OCH3 is 1. The van der Waals surface area contributed by atoms with Gasteiger partial charge in [-0.15, -0.1) is 0 Å². The van der Waals surface area contributed by atoms with Crippen molar-refractivity contribution >= 4 is 27.0 Å². The Morgan fingerprint density at radius 2 is 1.23 bits per heavy atom. The fraction of sp³-hybridized carbons (Fsp3) is 0.897. The van der Waals surface area contributed by atoms with Crippen LogP contribution in [0.4, 0.5) is 0 Å². The van der Waals surface area contributed by atoms with Crippen molar-refractivity contribution in [3.05, 3.63) is 0 Å². The molecule has 0 spiro atoms. The first-order valence-corrected chi connectivity index (χ1v) is 16.4. The van der Waals surface area contributed by atoms with Gasteiger partial charge in [0.05, 0.1) is 24.4 Å². The van der Waals surface area contributed by atoms with E-state index in [2.05, 4.69) is 6.92 Å². The van der Waals surface area contributed by atoms with Crippen LogP contribution < -0.4 is 0 Å². The van der Waals surface area contributed by atoms with Gasteiger partial charge in [-0.25, -0.2) is 0 Å². The van der Waals surface area contributed by atoms with Crippen molar-refractivity contribution in [1.29, 1.82) is 0 Å². The van der Waals surface area contributed by atoms with Gasteiger partial charge >= 0.3 is 27.0 Å². The Kier molecular flexibility index (Phi) is 18.8. The predicted molar refractivity (Wildman–Crippen MR) is 154 cm³/mol. The average Bonchev–Trinajstić information content (AvgIpc) is 2.86. The molecule has 0 aromatic heterocycles. The number of hydrogen-bond donors (Lipinski definition) is 0. The van der Waals surface area contributed by atoms with Crippen molar-refractivity contribution in [2.75, 3.05) is 33.7 Å². The van der Waals surface area contributed by atoms with Gasteiger partial charge < -0.3 is 31.9 Å². The van der Waals surface area contributed by atoms with E-state index in [0.29, 0.717) is 32.7 Å². The lowest BCUT2D eigenvalue weighted by Gasteiger charge is -2.34. The summed E-state index contributed by atoms with van der Waals surface area (Å²) in [5.74, 6) is -2.45. The van der Waals surface area contributed by atoms with Crippen LogP contribution in [0.1, 0.15) is 114 Å². The monoisotopic (exact) mass is 592 g/mol. The Balaban J connectivity index is 5.90. The quantitative estimate of drug-likeness (QED) is 0.0490. The molecule has 3 atom stereocenters. The van der Waals surface area contributed by atoms with Crippen LogP contribution in [0.3, 0.4) is 0 Å². The highest BCUT2D eigenvalue weighted by Gasteiger charge is 2.46. The van der Waals surface area contributed by atoms with Gasteiger partial charge in [-0.1, -0.05) is 39.5 Å². The fourth-order valence-corrected chi connectivity index (χ4v) is 6.39.